The molecule has 0 radical (unpaired) electrons. The van der Waals surface area contributed by atoms with Gasteiger partial charge in [-0.25, -0.2) is 19.2 Å². The van der Waals surface area contributed by atoms with Crippen LogP contribution >= 0.6 is 11.6 Å². The maximum Gasteiger partial charge on any atom is 0.339 e. The molecule has 1 aromatic carbocycles. The molecule has 4 aromatic rings. The van der Waals surface area contributed by atoms with Gasteiger partial charge in [0.2, 0.25) is 0 Å². The van der Waals surface area contributed by atoms with Crippen LogP contribution in [-0.4, -0.2) is 64.6 Å². The van der Waals surface area contributed by atoms with Gasteiger partial charge in [-0.2, -0.15) is 0 Å². The summed E-state index contributed by atoms with van der Waals surface area (Å²) in [5.41, 5.74) is 5.34. The van der Waals surface area contributed by atoms with E-state index < -0.39 is 11.8 Å². The fraction of sp³-hybridized carbons (Fsp3) is 0.375. The zero-order chi connectivity index (χ0) is 30.3. The number of hydrogen-bond acceptors (Lipinski definition) is 6. The van der Waals surface area contributed by atoms with E-state index in [1.807, 2.05) is 41.6 Å². The molecule has 0 bridgehead atoms. The minimum Gasteiger partial charge on any atom is -0.465 e. The number of nitrogens with zero attached hydrogens (tertiary/aromatic N) is 5. The van der Waals surface area contributed by atoms with Crippen molar-refractivity contribution in [2.75, 3.05) is 38.2 Å². The number of anilines is 1. The van der Waals surface area contributed by atoms with Crippen molar-refractivity contribution in [3.05, 3.63) is 75.4 Å². The molecule has 0 saturated carbocycles. The summed E-state index contributed by atoms with van der Waals surface area (Å²) in [7, 11) is 1.36. The van der Waals surface area contributed by atoms with E-state index in [4.69, 9.17) is 21.3 Å². The molecule has 8 nitrogen and oxygen atoms in total. The molecule has 1 amide bonds. The Kier molecular flexibility index (Phi) is 8.23. The maximum atomic E-state index is 14.3. The number of methoxy groups -OCH3 is 1. The van der Waals surface area contributed by atoms with Crippen LogP contribution in [0.3, 0.4) is 0 Å². The van der Waals surface area contributed by atoms with Crippen LogP contribution in [0.5, 0.6) is 0 Å². The topological polar surface area (TPSA) is 80.6 Å². The number of piperazine rings is 1. The lowest BCUT2D eigenvalue weighted by Gasteiger charge is -2.35. The lowest BCUT2D eigenvalue weighted by atomic mass is 10.0. The van der Waals surface area contributed by atoms with E-state index in [1.165, 1.54) is 13.2 Å². The predicted molar refractivity (Wildman–Crippen MR) is 163 cm³/mol. The highest BCUT2D eigenvalue weighted by Gasteiger charge is 2.27. The number of pyridine rings is 2. The second-order valence-corrected chi connectivity index (χ2v) is 11.7. The van der Waals surface area contributed by atoms with E-state index in [2.05, 4.69) is 23.7 Å². The van der Waals surface area contributed by atoms with Crippen molar-refractivity contribution in [1.82, 2.24) is 19.4 Å². The van der Waals surface area contributed by atoms with E-state index in [9.17, 15) is 14.0 Å². The minimum atomic E-state index is -0.477. The first-order valence-electron chi connectivity index (χ1n) is 14.0. The zero-order valence-corrected chi connectivity index (χ0v) is 25.5. The fourth-order valence-electron chi connectivity index (χ4n) is 5.62. The number of halogens is 2. The molecule has 1 fully saturated rings. The molecular formula is C32H35ClFN5O3. The molecule has 4 heterocycles. The smallest absolute Gasteiger partial charge is 0.339 e. The number of carbonyl (C=O) groups excluding carboxylic acids is 2. The Morgan fingerprint density at radius 3 is 2.36 bits per heavy atom. The predicted octanol–water partition coefficient (Wildman–Crippen LogP) is 6.22. The molecular weight excluding hydrogens is 557 g/mol. The number of hydrogen-bond donors (Lipinski definition) is 0. The standard InChI is InChI=1S/C32H35ClFN5O3/c1-18(2)16-39-17-24(22-7-8-25(33)26(34)15-22)23-13-20(4)29(36-30(23)39)31(40)38-11-9-37(10-12-38)27-14-19(3)28(21(5)35-27)32(41)42-6/h7-8,13-15,17-18H,9-12,16H2,1-6H3. The average Bonchev–Trinajstić information content (AvgIpc) is 3.29. The lowest BCUT2D eigenvalue weighted by molar-refractivity contribution is 0.0598. The van der Waals surface area contributed by atoms with Gasteiger partial charge < -0.3 is 19.1 Å². The second-order valence-electron chi connectivity index (χ2n) is 11.3. The Bertz CT molecular complexity index is 1670. The molecule has 1 aliphatic rings. The summed E-state index contributed by atoms with van der Waals surface area (Å²) in [4.78, 5) is 39.4. The van der Waals surface area contributed by atoms with Crippen LogP contribution in [0.1, 0.15) is 51.5 Å². The van der Waals surface area contributed by atoms with E-state index in [0.29, 0.717) is 66.8 Å². The number of esters is 1. The largest absolute Gasteiger partial charge is 0.465 e. The highest BCUT2D eigenvalue weighted by atomic mass is 35.5. The van der Waals surface area contributed by atoms with Gasteiger partial charge in [0.05, 0.1) is 23.4 Å². The van der Waals surface area contributed by atoms with Gasteiger partial charge >= 0.3 is 5.97 Å². The van der Waals surface area contributed by atoms with Gasteiger partial charge in [-0.1, -0.05) is 31.5 Å². The molecule has 220 valence electrons. The molecule has 42 heavy (non-hydrogen) atoms. The number of ether oxygens (including phenoxy) is 1. The van der Waals surface area contributed by atoms with Crippen LogP contribution in [0, 0.1) is 32.5 Å². The molecule has 1 saturated heterocycles. The highest BCUT2D eigenvalue weighted by molar-refractivity contribution is 6.30. The van der Waals surface area contributed by atoms with Gasteiger partial charge in [0.25, 0.3) is 5.91 Å². The molecule has 0 spiro atoms. The summed E-state index contributed by atoms with van der Waals surface area (Å²) in [5, 5.41) is 0.940. The Labute approximate surface area is 250 Å². The SMILES string of the molecule is COC(=O)c1c(C)cc(N2CCN(C(=O)c3nc4c(cc3C)c(-c3ccc(Cl)c(F)c3)cn4CC(C)C)CC2)nc1C. The second kappa shape index (κ2) is 11.7. The van der Waals surface area contributed by atoms with Crippen LogP contribution in [0.25, 0.3) is 22.2 Å². The first-order chi connectivity index (χ1) is 20.0. The number of benzene rings is 1. The first kappa shape index (κ1) is 29.5. The van der Waals surface area contributed by atoms with Crippen molar-refractivity contribution < 1.29 is 18.7 Å². The van der Waals surface area contributed by atoms with Crippen molar-refractivity contribution in [2.24, 2.45) is 5.92 Å². The fourth-order valence-corrected chi connectivity index (χ4v) is 5.74. The summed E-state index contributed by atoms with van der Waals surface area (Å²) in [6, 6.07) is 8.66. The third-order valence-corrected chi connectivity index (χ3v) is 8.01. The van der Waals surface area contributed by atoms with Crippen molar-refractivity contribution >= 4 is 40.3 Å². The van der Waals surface area contributed by atoms with Gasteiger partial charge in [0.15, 0.2) is 0 Å². The van der Waals surface area contributed by atoms with Gasteiger partial charge in [-0.05, 0) is 67.6 Å². The lowest BCUT2D eigenvalue weighted by Crippen LogP contribution is -2.49. The number of rotatable bonds is 6. The summed E-state index contributed by atoms with van der Waals surface area (Å²) >= 11 is 5.94. The number of carbonyl (C=O) groups is 2. The number of fused-ring (bicyclic) bond motifs is 1. The van der Waals surface area contributed by atoms with E-state index in [1.54, 1.807) is 19.1 Å². The number of amides is 1. The maximum absolute atomic E-state index is 14.3. The van der Waals surface area contributed by atoms with Crippen LogP contribution in [0.4, 0.5) is 10.2 Å². The van der Waals surface area contributed by atoms with Crippen molar-refractivity contribution in [3.8, 4) is 11.1 Å². The van der Waals surface area contributed by atoms with E-state index in [-0.39, 0.29) is 10.9 Å². The molecule has 1 aliphatic heterocycles. The molecule has 0 aliphatic carbocycles. The van der Waals surface area contributed by atoms with Gasteiger partial charge in [-0.3, -0.25) is 4.79 Å². The van der Waals surface area contributed by atoms with Crippen molar-refractivity contribution in [1.29, 1.82) is 0 Å². The third kappa shape index (κ3) is 5.57. The van der Waals surface area contributed by atoms with Crippen LogP contribution in [0.15, 0.2) is 36.5 Å². The summed E-state index contributed by atoms with van der Waals surface area (Å²) < 4.78 is 21.3. The number of aromatic nitrogens is 3. The van der Waals surface area contributed by atoms with Crippen LogP contribution < -0.4 is 4.90 Å². The first-order valence-corrected chi connectivity index (χ1v) is 14.4. The molecule has 0 atom stereocenters. The molecule has 0 N–H and O–H groups in total. The minimum absolute atomic E-state index is 0.0752. The average molecular weight is 592 g/mol. The zero-order valence-electron chi connectivity index (χ0n) is 24.8. The van der Waals surface area contributed by atoms with E-state index >= 15 is 0 Å². The quantitative estimate of drug-likeness (QED) is 0.248. The van der Waals surface area contributed by atoms with Crippen molar-refractivity contribution in [2.45, 2.75) is 41.2 Å². The Morgan fingerprint density at radius 1 is 1.02 bits per heavy atom. The summed E-state index contributed by atoms with van der Waals surface area (Å²) in [6.45, 7) is 12.7. The Balaban J connectivity index is 1.41. The van der Waals surface area contributed by atoms with Crippen LogP contribution in [0.2, 0.25) is 5.02 Å². The molecule has 0 unspecified atom stereocenters. The monoisotopic (exact) mass is 591 g/mol. The molecule has 3 aromatic heterocycles. The Morgan fingerprint density at radius 2 is 1.74 bits per heavy atom. The summed E-state index contributed by atoms with van der Waals surface area (Å²) in [5.74, 6) is 0.124. The third-order valence-electron chi connectivity index (χ3n) is 7.70. The van der Waals surface area contributed by atoms with Gasteiger partial charge in [0.1, 0.15) is 23.0 Å². The molecule has 5 rings (SSSR count). The highest BCUT2D eigenvalue weighted by Crippen LogP contribution is 2.34. The normalized spacial score (nSPS) is 13.7. The van der Waals surface area contributed by atoms with E-state index in [0.717, 1.165) is 27.9 Å². The van der Waals surface area contributed by atoms with Gasteiger partial charge in [-0.15, -0.1) is 0 Å². The van der Waals surface area contributed by atoms with Crippen LogP contribution in [-0.2, 0) is 11.3 Å². The van der Waals surface area contributed by atoms with Crippen molar-refractivity contribution in [3.63, 3.8) is 0 Å². The Hall–Kier alpha value is -3.98. The van der Waals surface area contributed by atoms with Gasteiger partial charge in [0, 0.05) is 49.9 Å². The summed E-state index contributed by atoms with van der Waals surface area (Å²) in [6.07, 6.45) is 1.98. The molecule has 10 heteroatoms. The number of aryl methyl sites for hydroxylation is 3.